The lowest BCUT2D eigenvalue weighted by Gasteiger charge is -2.39. The molecule has 0 aliphatic carbocycles. The number of amides is 1. The highest BCUT2D eigenvalue weighted by atomic mass is 35.5. The molecule has 8 heteroatoms. The number of aliphatic hydroxyl groups excluding tert-OH is 2. The highest BCUT2D eigenvalue weighted by Gasteiger charge is 2.41. The standard InChI is InChI=1S/C21H31ClN2O5/c1-14-12-15(4-5-16(14)22)29-21(2,3)20(27)24-7-6-18(25)19(26)17(13-24)23-8-10-28-11-9-23/h4-5,12,17-19,25-26H,6-11,13H2,1-3H3/t17-,18-,19+/m1/s1. The highest BCUT2D eigenvalue weighted by Crippen LogP contribution is 2.27. The van der Waals surface area contributed by atoms with Gasteiger partial charge >= 0.3 is 0 Å². The van der Waals surface area contributed by atoms with Gasteiger partial charge in [0.25, 0.3) is 5.91 Å². The van der Waals surface area contributed by atoms with Gasteiger partial charge in [0.2, 0.25) is 0 Å². The van der Waals surface area contributed by atoms with Crippen LogP contribution in [0.2, 0.25) is 5.02 Å². The monoisotopic (exact) mass is 426 g/mol. The third kappa shape index (κ3) is 5.22. The van der Waals surface area contributed by atoms with Crippen LogP contribution in [-0.4, -0.2) is 89.2 Å². The number of hydrogen-bond acceptors (Lipinski definition) is 6. The molecule has 2 aliphatic heterocycles. The second kappa shape index (κ2) is 9.18. The van der Waals surface area contributed by atoms with Crippen LogP contribution in [0, 0.1) is 6.92 Å². The van der Waals surface area contributed by atoms with Crippen LogP contribution in [0.4, 0.5) is 0 Å². The van der Waals surface area contributed by atoms with Gasteiger partial charge in [0.05, 0.1) is 31.5 Å². The van der Waals surface area contributed by atoms with Crippen LogP contribution in [0.1, 0.15) is 25.8 Å². The van der Waals surface area contributed by atoms with Crippen molar-refractivity contribution >= 4 is 17.5 Å². The fraction of sp³-hybridized carbons (Fsp3) is 0.667. The van der Waals surface area contributed by atoms with Gasteiger partial charge in [-0.25, -0.2) is 0 Å². The van der Waals surface area contributed by atoms with Crippen molar-refractivity contribution in [3.63, 3.8) is 0 Å². The molecule has 162 valence electrons. The molecule has 0 bridgehead atoms. The molecule has 1 aromatic carbocycles. The van der Waals surface area contributed by atoms with Gasteiger partial charge in [0.15, 0.2) is 5.60 Å². The van der Waals surface area contributed by atoms with E-state index < -0.39 is 17.8 Å². The number of morpholine rings is 1. The molecule has 2 saturated heterocycles. The fourth-order valence-electron chi connectivity index (χ4n) is 3.97. The number of nitrogens with zero attached hydrogens (tertiary/aromatic N) is 2. The zero-order chi connectivity index (χ0) is 21.2. The molecule has 29 heavy (non-hydrogen) atoms. The molecule has 2 N–H and O–H groups in total. The molecule has 2 heterocycles. The molecule has 3 atom stereocenters. The average molecular weight is 427 g/mol. The number of carbonyl (C=O) groups is 1. The van der Waals surface area contributed by atoms with Crippen molar-refractivity contribution in [3.05, 3.63) is 28.8 Å². The van der Waals surface area contributed by atoms with E-state index in [4.69, 9.17) is 21.1 Å². The van der Waals surface area contributed by atoms with Gasteiger partial charge in [-0.15, -0.1) is 0 Å². The Labute approximate surface area is 177 Å². The molecule has 1 aromatic rings. The van der Waals surface area contributed by atoms with E-state index in [1.807, 2.05) is 13.0 Å². The molecule has 7 nitrogen and oxygen atoms in total. The Bertz CT molecular complexity index is 723. The maximum absolute atomic E-state index is 13.3. The van der Waals surface area contributed by atoms with Gasteiger partial charge < -0.3 is 24.6 Å². The molecular formula is C21H31ClN2O5. The molecule has 1 amide bonds. The van der Waals surface area contributed by atoms with Crippen molar-refractivity contribution in [2.45, 2.75) is 51.0 Å². The van der Waals surface area contributed by atoms with Crippen LogP contribution in [-0.2, 0) is 9.53 Å². The van der Waals surface area contributed by atoms with E-state index in [2.05, 4.69) is 4.90 Å². The Morgan fingerprint density at radius 2 is 1.93 bits per heavy atom. The van der Waals surface area contributed by atoms with Gasteiger partial charge in [-0.1, -0.05) is 11.6 Å². The fourth-order valence-corrected chi connectivity index (χ4v) is 4.08. The number of aryl methyl sites for hydroxylation is 1. The number of likely N-dealkylation sites (tertiary alicyclic amines) is 1. The average Bonchev–Trinajstić information content (AvgIpc) is 2.84. The predicted molar refractivity (Wildman–Crippen MR) is 110 cm³/mol. The highest BCUT2D eigenvalue weighted by molar-refractivity contribution is 6.31. The summed E-state index contributed by atoms with van der Waals surface area (Å²) in [6.07, 6.45) is -1.46. The number of benzene rings is 1. The zero-order valence-corrected chi connectivity index (χ0v) is 18.1. The van der Waals surface area contributed by atoms with Crippen molar-refractivity contribution in [3.8, 4) is 5.75 Å². The van der Waals surface area contributed by atoms with Gasteiger partial charge in [-0.3, -0.25) is 9.69 Å². The van der Waals surface area contributed by atoms with Crippen molar-refractivity contribution in [1.82, 2.24) is 9.80 Å². The Morgan fingerprint density at radius 1 is 1.24 bits per heavy atom. The molecular weight excluding hydrogens is 396 g/mol. The molecule has 0 unspecified atom stereocenters. The second-order valence-electron chi connectivity index (χ2n) is 8.34. The van der Waals surface area contributed by atoms with Crippen molar-refractivity contribution in [1.29, 1.82) is 0 Å². The minimum atomic E-state index is -1.10. The van der Waals surface area contributed by atoms with Crippen LogP contribution in [0.5, 0.6) is 5.75 Å². The summed E-state index contributed by atoms with van der Waals surface area (Å²) in [7, 11) is 0. The SMILES string of the molecule is Cc1cc(OC(C)(C)C(=O)N2CC[C@@H](O)[C@@H](O)[C@H](N3CCOCC3)C2)ccc1Cl. The first-order valence-electron chi connectivity index (χ1n) is 10.1. The molecule has 2 aliphatic rings. The lowest BCUT2D eigenvalue weighted by molar-refractivity contribution is -0.146. The van der Waals surface area contributed by atoms with Gasteiger partial charge in [-0.05, 0) is 51.0 Å². The van der Waals surface area contributed by atoms with E-state index in [0.717, 1.165) is 5.56 Å². The van der Waals surface area contributed by atoms with E-state index in [9.17, 15) is 15.0 Å². The van der Waals surface area contributed by atoms with E-state index in [0.29, 0.717) is 56.6 Å². The Morgan fingerprint density at radius 3 is 2.59 bits per heavy atom. The van der Waals surface area contributed by atoms with Crippen LogP contribution >= 0.6 is 11.6 Å². The van der Waals surface area contributed by atoms with Gasteiger partial charge in [-0.2, -0.15) is 0 Å². The first kappa shape index (κ1) is 22.3. The van der Waals surface area contributed by atoms with E-state index in [-0.39, 0.29) is 11.9 Å². The summed E-state index contributed by atoms with van der Waals surface area (Å²) in [6.45, 7) is 8.56. The first-order chi connectivity index (χ1) is 13.7. The van der Waals surface area contributed by atoms with E-state index in [1.54, 1.807) is 30.9 Å². The van der Waals surface area contributed by atoms with Crippen molar-refractivity contribution < 1.29 is 24.5 Å². The normalized spacial score (nSPS) is 26.8. The summed E-state index contributed by atoms with van der Waals surface area (Å²) >= 11 is 6.08. The molecule has 0 radical (unpaired) electrons. The first-order valence-corrected chi connectivity index (χ1v) is 10.5. The lowest BCUT2D eigenvalue weighted by Crippen LogP contribution is -2.57. The smallest absolute Gasteiger partial charge is 0.266 e. The van der Waals surface area contributed by atoms with Crippen LogP contribution in [0.25, 0.3) is 0 Å². The minimum Gasteiger partial charge on any atom is -0.478 e. The summed E-state index contributed by atoms with van der Waals surface area (Å²) in [5.74, 6) is 0.398. The number of ether oxygens (including phenoxy) is 2. The maximum Gasteiger partial charge on any atom is 0.266 e. The topological polar surface area (TPSA) is 82.5 Å². The summed E-state index contributed by atoms with van der Waals surface area (Å²) in [6, 6.07) is 4.97. The molecule has 3 rings (SSSR count). The van der Waals surface area contributed by atoms with Crippen LogP contribution in [0.3, 0.4) is 0 Å². The summed E-state index contributed by atoms with van der Waals surface area (Å²) in [5, 5.41) is 21.7. The van der Waals surface area contributed by atoms with Gasteiger partial charge in [0.1, 0.15) is 5.75 Å². The molecule has 0 aromatic heterocycles. The van der Waals surface area contributed by atoms with E-state index in [1.165, 1.54) is 0 Å². The molecule has 0 spiro atoms. The van der Waals surface area contributed by atoms with Crippen molar-refractivity contribution in [2.75, 3.05) is 39.4 Å². The molecule has 2 fully saturated rings. The Balaban J connectivity index is 1.75. The second-order valence-corrected chi connectivity index (χ2v) is 8.74. The lowest BCUT2D eigenvalue weighted by atomic mass is 10.0. The number of halogens is 1. The third-order valence-electron chi connectivity index (χ3n) is 5.71. The summed E-state index contributed by atoms with van der Waals surface area (Å²) < 4.78 is 11.4. The number of carbonyl (C=O) groups excluding carboxylic acids is 1. The van der Waals surface area contributed by atoms with Gasteiger partial charge in [0, 0.05) is 31.2 Å². The summed E-state index contributed by atoms with van der Waals surface area (Å²) in [5.41, 5.74) is -0.225. The summed E-state index contributed by atoms with van der Waals surface area (Å²) in [4.78, 5) is 17.1. The van der Waals surface area contributed by atoms with Crippen LogP contribution in [0.15, 0.2) is 18.2 Å². The Hall–Kier alpha value is -1.38. The maximum atomic E-state index is 13.3. The van der Waals surface area contributed by atoms with Crippen molar-refractivity contribution in [2.24, 2.45) is 0 Å². The predicted octanol–water partition coefficient (Wildman–Crippen LogP) is 1.46. The minimum absolute atomic E-state index is 0.176. The number of aliphatic hydroxyl groups is 2. The zero-order valence-electron chi connectivity index (χ0n) is 17.3. The third-order valence-corrected chi connectivity index (χ3v) is 6.13. The van der Waals surface area contributed by atoms with Crippen LogP contribution < -0.4 is 4.74 Å². The molecule has 0 saturated carbocycles. The number of hydrogen-bond donors (Lipinski definition) is 2. The Kier molecular flexibility index (Phi) is 7.06. The largest absolute Gasteiger partial charge is 0.478 e. The quantitative estimate of drug-likeness (QED) is 0.758. The van der Waals surface area contributed by atoms with E-state index >= 15 is 0 Å². The number of rotatable bonds is 4.